The number of aromatic nitrogens is 4. The molecule has 0 aromatic carbocycles. The van der Waals surface area contributed by atoms with Crippen molar-refractivity contribution in [1.82, 2.24) is 24.4 Å². The van der Waals surface area contributed by atoms with Crippen LogP contribution in [0, 0.1) is 11.3 Å². The molecule has 0 bridgehead atoms. The largest absolute Gasteiger partial charge is 0.350 e. The molecule has 2 fully saturated rings. The monoisotopic (exact) mass is 447 g/mol. The number of nitrogens with zero attached hydrogens (tertiary/aromatic N) is 7. The number of carbonyl (C=O) groups is 1. The Hall–Kier alpha value is -3.54. The summed E-state index contributed by atoms with van der Waals surface area (Å²) < 4.78 is 16.2. The lowest BCUT2D eigenvalue weighted by molar-refractivity contribution is -0.142. The van der Waals surface area contributed by atoms with E-state index in [1.165, 1.54) is 19.4 Å². The average molecular weight is 448 g/mol. The molecule has 4 heterocycles. The quantitative estimate of drug-likeness (QED) is 0.609. The zero-order valence-corrected chi connectivity index (χ0v) is 19.0. The maximum atomic E-state index is 14.2. The van der Waals surface area contributed by atoms with E-state index in [1.807, 2.05) is 11.5 Å². The number of hydrogen-bond acceptors (Lipinski definition) is 6. The molecule has 0 radical (unpaired) electrons. The third kappa shape index (κ3) is 3.80. The van der Waals surface area contributed by atoms with Crippen molar-refractivity contribution in [1.29, 1.82) is 5.26 Å². The highest BCUT2D eigenvalue weighted by atomic mass is 19.1. The highest BCUT2D eigenvalue weighted by Crippen LogP contribution is 2.46. The number of anilines is 1. The summed E-state index contributed by atoms with van der Waals surface area (Å²) in [5.41, 5.74) is 0.584. The van der Waals surface area contributed by atoms with Gasteiger partial charge in [-0.15, -0.1) is 0 Å². The number of fused-ring (bicyclic) bond motifs is 1. The molecule has 1 saturated carbocycles. The van der Waals surface area contributed by atoms with Crippen molar-refractivity contribution >= 4 is 22.8 Å². The fraction of sp³-hybridized carbons (Fsp3) is 0.458. The van der Waals surface area contributed by atoms with E-state index in [-0.39, 0.29) is 6.04 Å². The molecule has 9 heteroatoms. The van der Waals surface area contributed by atoms with E-state index >= 15 is 0 Å². The number of alkyl halides is 1. The Kier molecular flexibility index (Phi) is 5.04. The van der Waals surface area contributed by atoms with Gasteiger partial charge in [-0.05, 0) is 57.2 Å². The van der Waals surface area contributed by atoms with Crippen LogP contribution in [0.15, 0.2) is 30.9 Å². The first-order valence-corrected chi connectivity index (χ1v) is 11.3. The van der Waals surface area contributed by atoms with Crippen molar-refractivity contribution in [3.63, 3.8) is 0 Å². The highest BCUT2D eigenvalue weighted by Gasteiger charge is 2.37. The third-order valence-corrected chi connectivity index (χ3v) is 6.43. The van der Waals surface area contributed by atoms with Crippen molar-refractivity contribution < 1.29 is 9.18 Å². The molecule has 1 aliphatic heterocycles. The number of nitriles is 1. The number of rotatable bonds is 4. The zero-order valence-electron chi connectivity index (χ0n) is 19.0. The van der Waals surface area contributed by atoms with Crippen LogP contribution in [0.3, 0.4) is 0 Å². The molecule has 8 nitrogen and oxygen atoms in total. The van der Waals surface area contributed by atoms with Gasteiger partial charge in [0.1, 0.15) is 18.0 Å². The molecule has 2 aliphatic rings. The molecule has 0 unspecified atom stereocenters. The van der Waals surface area contributed by atoms with E-state index in [2.05, 4.69) is 32.1 Å². The molecule has 1 aliphatic carbocycles. The molecule has 3 aromatic heterocycles. The second-order valence-corrected chi connectivity index (χ2v) is 9.41. The molecular weight excluding hydrogens is 421 g/mol. The molecule has 3 aromatic rings. The van der Waals surface area contributed by atoms with Crippen LogP contribution in [0.25, 0.3) is 16.9 Å². The van der Waals surface area contributed by atoms with Gasteiger partial charge in [-0.25, -0.2) is 19.3 Å². The molecule has 5 rings (SSSR count). The normalized spacial score (nSPS) is 19.1. The zero-order chi connectivity index (χ0) is 23.3. The van der Waals surface area contributed by atoms with Gasteiger partial charge in [0.05, 0.1) is 17.0 Å². The van der Waals surface area contributed by atoms with Crippen molar-refractivity contribution in [2.24, 2.45) is 0 Å². The van der Waals surface area contributed by atoms with Gasteiger partial charge in [0.2, 0.25) is 0 Å². The summed E-state index contributed by atoms with van der Waals surface area (Å²) in [4.78, 5) is 30.0. The summed E-state index contributed by atoms with van der Waals surface area (Å²) in [5, 5.41) is 10.3. The van der Waals surface area contributed by atoms with E-state index in [0.29, 0.717) is 36.9 Å². The maximum absolute atomic E-state index is 14.2. The van der Waals surface area contributed by atoms with Crippen LogP contribution in [0.4, 0.5) is 10.2 Å². The van der Waals surface area contributed by atoms with Crippen LogP contribution in [0.5, 0.6) is 0 Å². The van der Waals surface area contributed by atoms with Crippen LogP contribution in [0.2, 0.25) is 0 Å². The first kappa shape index (κ1) is 21.3. The van der Waals surface area contributed by atoms with Crippen LogP contribution in [-0.2, 0) is 4.79 Å². The minimum absolute atomic E-state index is 0.0291. The third-order valence-electron chi connectivity index (χ3n) is 6.43. The summed E-state index contributed by atoms with van der Waals surface area (Å²) >= 11 is 0. The maximum Gasteiger partial charge on any atom is 0.259 e. The minimum atomic E-state index is -1.88. The number of pyridine rings is 1. The molecule has 0 N–H and O–H groups in total. The van der Waals surface area contributed by atoms with Crippen LogP contribution >= 0.6 is 0 Å². The summed E-state index contributed by atoms with van der Waals surface area (Å²) in [6.45, 7) is 6.08. The number of hydrogen-bond donors (Lipinski definition) is 0. The van der Waals surface area contributed by atoms with Gasteiger partial charge in [0, 0.05) is 38.1 Å². The molecule has 0 spiro atoms. The van der Waals surface area contributed by atoms with Gasteiger partial charge < -0.3 is 9.80 Å². The van der Waals surface area contributed by atoms with E-state index in [4.69, 9.17) is 0 Å². The van der Waals surface area contributed by atoms with Crippen molar-refractivity contribution in [2.75, 3.05) is 24.5 Å². The Labute approximate surface area is 191 Å². The van der Waals surface area contributed by atoms with Crippen molar-refractivity contribution in [3.8, 4) is 11.9 Å². The van der Waals surface area contributed by atoms with E-state index in [9.17, 15) is 14.4 Å². The van der Waals surface area contributed by atoms with Crippen molar-refractivity contribution in [3.05, 3.63) is 42.0 Å². The fourth-order valence-corrected chi connectivity index (χ4v) is 4.62. The van der Waals surface area contributed by atoms with E-state index in [1.54, 1.807) is 29.6 Å². The average Bonchev–Trinajstić information content (AvgIpc) is 3.57. The molecule has 1 amide bonds. The topological polar surface area (TPSA) is 90.9 Å². The SMILES string of the molecule is C[C@H]1CN(C(=O)C(C)(C)F)CCN1c1ncnc2c1c(C1CC1)cn2-c1cc(C#N)ccn1. The lowest BCUT2D eigenvalue weighted by Gasteiger charge is -2.42. The minimum Gasteiger partial charge on any atom is -0.350 e. The smallest absolute Gasteiger partial charge is 0.259 e. The fourth-order valence-electron chi connectivity index (χ4n) is 4.62. The van der Waals surface area contributed by atoms with E-state index < -0.39 is 11.6 Å². The molecule has 170 valence electrons. The lowest BCUT2D eigenvalue weighted by Crippen LogP contribution is -2.57. The Morgan fingerprint density at radius 1 is 1.24 bits per heavy atom. The Morgan fingerprint density at radius 2 is 2.03 bits per heavy atom. The Balaban J connectivity index is 1.56. The summed E-state index contributed by atoms with van der Waals surface area (Å²) in [6, 6.07) is 5.57. The van der Waals surface area contributed by atoms with Crippen LogP contribution in [0.1, 0.15) is 50.7 Å². The predicted molar refractivity (Wildman–Crippen MR) is 122 cm³/mol. The second kappa shape index (κ2) is 7.80. The molecule has 1 atom stereocenters. The number of carbonyl (C=O) groups excluding carboxylic acids is 1. The van der Waals surface area contributed by atoms with Gasteiger partial charge in [0.25, 0.3) is 5.91 Å². The molecule has 33 heavy (non-hydrogen) atoms. The molecular formula is C24H26FN7O. The lowest BCUT2D eigenvalue weighted by atomic mass is 10.1. The van der Waals surface area contributed by atoms with E-state index in [0.717, 1.165) is 29.7 Å². The van der Waals surface area contributed by atoms with Gasteiger partial charge in [-0.1, -0.05) is 0 Å². The predicted octanol–water partition coefficient (Wildman–Crippen LogP) is 3.35. The summed E-state index contributed by atoms with van der Waals surface area (Å²) in [7, 11) is 0. The van der Waals surface area contributed by atoms with Crippen LogP contribution in [-0.4, -0.2) is 61.7 Å². The summed E-state index contributed by atoms with van der Waals surface area (Å²) in [6.07, 6.45) is 7.47. The standard InChI is InChI=1S/C24H26FN7O/c1-15-12-30(23(33)24(2,3)25)8-9-31(15)21-20-18(17-4-5-17)13-32(22(20)29-14-28-21)19-10-16(11-26)6-7-27-19/h6-7,10,13-15,17H,4-5,8-9,12H2,1-3H3/t15-/m0/s1. The van der Waals surface area contributed by atoms with Crippen LogP contribution < -0.4 is 4.90 Å². The molecule has 1 saturated heterocycles. The first-order chi connectivity index (χ1) is 15.8. The van der Waals surface area contributed by atoms with Gasteiger partial charge in [-0.3, -0.25) is 9.36 Å². The summed E-state index contributed by atoms with van der Waals surface area (Å²) in [5.74, 6) is 1.44. The number of halogens is 1. The number of amides is 1. The Bertz CT molecular complexity index is 1270. The number of piperazine rings is 1. The van der Waals surface area contributed by atoms with Gasteiger partial charge >= 0.3 is 0 Å². The first-order valence-electron chi connectivity index (χ1n) is 11.3. The van der Waals surface area contributed by atoms with Gasteiger partial charge in [0.15, 0.2) is 11.3 Å². The van der Waals surface area contributed by atoms with Gasteiger partial charge in [-0.2, -0.15) is 5.26 Å². The highest BCUT2D eigenvalue weighted by molar-refractivity contribution is 5.93. The Morgan fingerprint density at radius 3 is 2.70 bits per heavy atom. The second-order valence-electron chi connectivity index (χ2n) is 9.41. The van der Waals surface area contributed by atoms with Crippen molar-refractivity contribution in [2.45, 2.75) is 51.2 Å².